The summed E-state index contributed by atoms with van der Waals surface area (Å²) in [7, 11) is 6.34. The van der Waals surface area contributed by atoms with E-state index in [1.54, 1.807) is 41.9 Å². The van der Waals surface area contributed by atoms with Gasteiger partial charge in [0, 0.05) is 14.1 Å². The Labute approximate surface area is 255 Å². The van der Waals surface area contributed by atoms with Crippen LogP contribution in [0.15, 0.2) is 34.1 Å². The number of methoxy groups -OCH3 is 2. The largest absolute Gasteiger partial charge is 0.507 e. The number of hydrogen-bond donors (Lipinski definition) is 2. The van der Waals surface area contributed by atoms with E-state index in [9.17, 15) is 19.8 Å². The van der Waals surface area contributed by atoms with Crippen molar-refractivity contribution in [1.29, 1.82) is 0 Å². The highest BCUT2D eigenvalue weighted by atomic mass is 32.2. The maximum absolute atomic E-state index is 12.0. The van der Waals surface area contributed by atoms with Crippen molar-refractivity contribution in [3.63, 3.8) is 0 Å². The maximum atomic E-state index is 12.0. The van der Waals surface area contributed by atoms with Crippen molar-refractivity contribution < 1.29 is 29.3 Å². The molecule has 220 valence electrons. The molecule has 11 heteroatoms. The van der Waals surface area contributed by atoms with E-state index >= 15 is 0 Å². The second kappa shape index (κ2) is 13.7. The zero-order valence-corrected chi connectivity index (χ0v) is 26.9. The molecular formula is C30H36N2O6S3. The Morgan fingerprint density at radius 3 is 1.71 bits per heavy atom. The SMILES string of the molecule is CC(C)c1cc(C=C2SCN(C)C2=O)cc(C(C)C)c1O.COc1cc(C=C2SC(=S)N(C)C2=O)cc(OC)c1O. The van der Waals surface area contributed by atoms with Crippen molar-refractivity contribution in [3.05, 3.63) is 56.3 Å². The van der Waals surface area contributed by atoms with Crippen LogP contribution in [0.1, 0.15) is 61.8 Å². The van der Waals surface area contributed by atoms with Gasteiger partial charge in [0.2, 0.25) is 5.75 Å². The third kappa shape index (κ3) is 7.38. The second-order valence-electron chi connectivity index (χ2n) is 10.2. The molecule has 0 unspecified atom stereocenters. The van der Waals surface area contributed by atoms with Gasteiger partial charge in [-0.1, -0.05) is 63.4 Å². The molecule has 2 aliphatic heterocycles. The number of thiocarbonyl (C=S) groups is 1. The summed E-state index contributed by atoms with van der Waals surface area (Å²) >= 11 is 7.86. The molecule has 2 aliphatic rings. The second-order valence-corrected chi connectivity index (χ2v) is 12.8. The van der Waals surface area contributed by atoms with Crippen LogP contribution < -0.4 is 9.47 Å². The molecule has 2 heterocycles. The fourth-order valence-corrected chi connectivity index (χ4v) is 6.22. The third-order valence-corrected chi connectivity index (χ3v) is 9.10. The number of likely N-dealkylation sites (N-methyl/N-ethyl adjacent to an activating group) is 2. The lowest BCUT2D eigenvalue weighted by atomic mass is 9.91. The average Bonchev–Trinajstić information content (AvgIpc) is 3.37. The highest BCUT2D eigenvalue weighted by Gasteiger charge is 2.29. The summed E-state index contributed by atoms with van der Waals surface area (Å²) in [6, 6.07) is 7.23. The molecule has 4 rings (SSSR count). The molecular weight excluding hydrogens is 581 g/mol. The van der Waals surface area contributed by atoms with E-state index in [4.69, 9.17) is 21.7 Å². The summed E-state index contributed by atoms with van der Waals surface area (Å²) < 4.78 is 10.7. The van der Waals surface area contributed by atoms with E-state index in [1.807, 2.05) is 25.3 Å². The van der Waals surface area contributed by atoms with Crippen LogP contribution in [0.2, 0.25) is 0 Å². The highest BCUT2D eigenvalue weighted by molar-refractivity contribution is 8.26. The maximum Gasteiger partial charge on any atom is 0.265 e. The van der Waals surface area contributed by atoms with Crippen LogP contribution in [-0.2, 0) is 9.59 Å². The van der Waals surface area contributed by atoms with E-state index in [0.29, 0.717) is 26.4 Å². The van der Waals surface area contributed by atoms with Gasteiger partial charge >= 0.3 is 0 Å². The number of rotatable bonds is 6. The Hall–Kier alpha value is -3.15. The van der Waals surface area contributed by atoms with E-state index in [-0.39, 0.29) is 40.9 Å². The fraction of sp³-hybridized carbons (Fsp3) is 0.367. The normalized spacial score (nSPS) is 17.3. The highest BCUT2D eigenvalue weighted by Crippen LogP contribution is 2.40. The first-order valence-electron chi connectivity index (χ1n) is 12.9. The number of benzene rings is 2. The molecule has 2 saturated heterocycles. The van der Waals surface area contributed by atoms with Crippen LogP contribution in [0.25, 0.3) is 12.2 Å². The Morgan fingerprint density at radius 1 is 0.829 bits per heavy atom. The predicted octanol–water partition coefficient (Wildman–Crippen LogP) is 6.38. The Morgan fingerprint density at radius 2 is 1.32 bits per heavy atom. The van der Waals surface area contributed by atoms with Gasteiger partial charge in [0.05, 0.1) is 29.9 Å². The molecule has 0 atom stereocenters. The van der Waals surface area contributed by atoms with Gasteiger partial charge in [-0.25, -0.2) is 0 Å². The molecule has 0 aromatic heterocycles. The standard InChI is InChI=1S/C17H23NO2S.C13H13NO4S2/c1-10(2)13-6-12(7-14(11(3)4)16(13)19)8-15-17(20)18(5)9-21-15;1-14-12(16)10(20-13(14)19)6-7-4-8(17-2)11(15)9(5-7)18-3/h6-8,10-11,19H,9H2,1-5H3;4-6,15H,1-3H3. The molecule has 2 amide bonds. The summed E-state index contributed by atoms with van der Waals surface area (Å²) in [5.74, 6) is 2.00. The number of carbonyl (C=O) groups excluding carboxylic acids is 2. The molecule has 0 bridgehead atoms. The average molecular weight is 617 g/mol. The van der Waals surface area contributed by atoms with Gasteiger partial charge in [-0.2, -0.15) is 0 Å². The molecule has 2 aromatic rings. The van der Waals surface area contributed by atoms with Crippen molar-refractivity contribution in [2.75, 3.05) is 34.2 Å². The summed E-state index contributed by atoms with van der Waals surface area (Å²) in [5, 5.41) is 20.2. The predicted molar refractivity (Wildman–Crippen MR) is 172 cm³/mol. The van der Waals surface area contributed by atoms with Crippen molar-refractivity contribution in [2.45, 2.75) is 39.5 Å². The van der Waals surface area contributed by atoms with Crippen LogP contribution in [-0.4, -0.2) is 70.3 Å². The first kappa shape index (κ1) is 32.4. The molecule has 2 fully saturated rings. The molecule has 41 heavy (non-hydrogen) atoms. The Kier molecular flexibility index (Phi) is 10.8. The molecule has 2 aromatic carbocycles. The lowest BCUT2D eigenvalue weighted by Crippen LogP contribution is -2.22. The molecule has 0 spiro atoms. The topological polar surface area (TPSA) is 99.5 Å². The van der Waals surface area contributed by atoms with Crippen LogP contribution in [0.5, 0.6) is 23.0 Å². The number of amides is 2. The number of thioether (sulfide) groups is 2. The van der Waals surface area contributed by atoms with Crippen LogP contribution in [0.3, 0.4) is 0 Å². The minimum absolute atomic E-state index is 0.0739. The Balaban J connectivity index is 0.000000226. The van der Waals surface area contributed by atoms with Crippen molar-refractivity contribution >= 4 is 64.0 Å². The van der Waals surface area contributed by atoms with Gasteiger partial charge < -0.3 is 24.6 Å². The first-order chi connectivity index (χ1) is 19.3. The van der Waals surface area contributed by atoms with E-state index in [1.165, 1.54) is 30.9 Å². The number of ether oxygens (including phenoxy) is 2. The van der Waals surface area contributed by atoms with Gasteiger partial charge in [-0.15, -0.1) is 0 Å². The zero-order chi connectivity index (χ0) is 30.6. The summed E-state index contributed by atoms with van der Waals surface area (Å²) in [5.41, 5.74) is 3.56. The van der Waals surface area contributed by atoms with Gasteiger partial charge in [-0.05, 0) is 70.5 Å². The van der Waals surface area contributed by atoms with Gasteiger partial charge in [-0.3, -0.25) is 14.5 Å². The number of phenols is 2. The summed E-state index contributed by atoms with van der Waals surface area (Å²) in [6.07, 6.45) is 3.63. The van der Waals surface area contributed by atoms with Crippen LogP contribution in [0.4, 0.5) is 0 Å². The van der Waals surface area contributed by atoms with Gasteiger partial charge in [0.1, 0.15) is 10.1 Å². The number of nitrogens with zero attached hydrogens (tertiary/aromatic N) is 2. The molecule has 8 nitrogen and oxygen atoms in total. The fourth-order valence-electron chi connectivity index (χ4n) is 4.09. The number of hydrogen-bond acceptors (Lipinski definition) is 9. The number of aromatic hydroxyl groups is 2. The van der Waals surface area contributed by atoms with Crippen molar-refractivity contribution in [1.82, 2.24) is 9.80 Å². The van der Waals surface area contributed by atoms with Crippen molar-refractivity contribution in [3.8, 4) is 23.0 Å². The number of phenolic OH excluding ortho intramolecular Hbond substituents is 2. The minimum Gasteiger partial charge on any atom is -0.507 e. The lowest BCUT2D eigenvalue weighted by Gasteiger charge is -2.16. The zero-order valence-electron chi connectivity index (χ0n) is 24.5. The minimum atomic E-state index is -0.147. The van der Waals surface area contributed by atoms with Crippen LogP contribution >= 0.6 is 35.7 Å². The summed E-state index contributed by atoms with van der Waals surface area (Å²) in [4.78, 5) is 28.4. The lowest BCUT2D eigenvalue weighted by molar-refractivity contribution is -0.123. The molecule has 0 saturated carbocycles. The van der Waals surface area contributed by atoms with Crippen molar-refractivity contribution in [2.24, 2.45) is 0 Å². The number of carbonyl (C=O) groups is 2. The van der Waals surface area contributed by atoms with E-state index < -0.39 is 0 Å². The van der Waals surface area contributed by atoms with Gasteiger partial charge in [0.15, 0.2) is 11.5 Å². The molecule has 0 radical (unpaired) electrons. The van der Waals surface area contributed by atoms with Crippen LogP contribution in [0, 0.1) is 0 Å². The Bertz CT molecular complexity index is 1360. The molecule has 0 aliphatic carbocycles. The monoisotopic (exact) mass is 616 g/mol. The summed E-state index contributed by atoms with van der Waals surface area (Å²) in [6.45, 7) is 8.28. The first-order valence-corrected chi connectivity index (χ1v) is 15.1. The smallest absolute Gasteiger partial charge is 0.265 e. The van der Waals surface area contributed by atoms with E-state index in [0.717, 1.165) is 21.6 Å². The molecule has 2 N–H and O–H groups in total. The van der Waals surface area contributed by atoms with E-state index in [2.05, 4.69) is 27.7 Å². The quantitative estimate of drug-likeness (QED) is 0.283. The third-order valence-electron chi connectivity index (χ3n) is 6.49. The van der Waals surface area contributed by atoms with Gasteiger partial charge in [0.25, 0.3) is 11.8 Å².